The van der Waals surface area contributed by atoms with E-state index in [1.807, 2.05) is 19.1 Å². The highest BCUT2D eigenvalue weighted by Crippen LogP contribution is 2.35. The van der Waals surface area contributed by atoms with Crippen molar-refractivity contribution in [3.63, 3.8) is 0 Å². The fraction of sp³-hybridized carbons (Fsp3) is 0.111. The average molecular weight is 438 g/mol. The number of nitrogens with zero attached hydrogens (tertiary/aromatic N) is 2. The number of hydrogen-bond donors (Lipinski definition) is 1. The first-order valence-electron chi connectivity index (χ1n) is 7.52. The van der Waals surface area contributed by atoms with Gasteiger partial charge in [-0.3, -0.25) is 9.69 Å². The van der Waals surface area contributed by atoms with Crippen LogP contribution < -0.4 is 0 Å². The monoisotopic (exact) mass is 436 g/mol. The predicted molar refractivity (Wildman–Crippen MR) is 107 cm³/mol. The van der Waals surface area contributed by atoms with Crippen LogP contribution in [-0.2, 0) is 4.79 Å². The molecule has 2 aromatic carbocycles. The van der Waals surface area contributed by atoms with Gasteiger partial charge in [0, 0.05) is 11.0 Å². The van der Waals surface area contributed by atoms with Crippen LogP contribution >= 0.6 is 39.3 Å². The van der Waals surface area contributed by atoms with Gasteiger partial charge >= 0.3 is 0 Å². The topological polar surface area (TPSA) is 52.9 Å². The smallest absolute Gasteiger partial charge is 0.266 e. The molecule has 0 atom stereocenters. The zero-order chi connectivity index (χ0) is 18.0. The fourth-order valence-corrected chi connectivity index (χ4v) is 3.74. The number of halogens is 2. The van der Waals surface area contributed by atoms with Gasteiger partial charge < -0.3 is 5.11 Å². The number of aromatic hydroxyl groups is 1. The van der Waals surface area contributed by atoms with Crippen LogP contribution in [0.3, 0.4) is 0 Å². The zero-order valence-electron chi connectivity index (χ0n) is 13.2. The van der Waals surface area contributed by atoms with E-state index < -0.39 is 0 Å². The van der Waals surface area contributed by atoms with E-state index in [1.165, 1.54) is 11.8 Å². The molecule has 1 heterocycles. The fourth-order valence-electron chi connectivity index (χ4n) is 2.26. The molecule has 0 unspecified atom stereocenters. The van der Waals surface area contributed by atoms with Gasteiger partial charge in [0.25, 0.3) is 5.91 Å². The lowest BCUT2D eigenvalue weighted by Crippen LogP contribution is -2.28. The van der Waals surface area contributed by atoms with Gasteiger partial charge in [0.2, 0.25) is 0 Å². The number of likely N-dealkylation sites (N-methyl/N-ethyl adjacent to an activating group) is 1. The van der Waals surface area contributed by atoms with Crippen LogP contribution in [0.2, 0.25) is 5.02 Å². The average Bonchev–Trinajstić information content (AvgIpc) is 2.88. The Bertz CT molecular complexity index is 881. The summed E-state index contributed by atoms with van der Waals surface area (Å²) in [5, 5.41) is 10.6. The number of carbonyl (C=O) groups is 1. The Morgan fingerprint density at radius 3 is 2.64 bits per heavy atom. The van der Waals surface area contributed by atoms with Gasteiger partial charge in [-0.05, 0) is 76.6 Å². The lowest BCUT2D eigenvalue weighted by atomic mass is 10.2. The minimum Gasteiger partial charge on any atom is -0.508 e. The van der Waals surface area contributed by atoms with Crippen molar-refractivity contribution in [2.75, 3.05) is 6.54 Å². The standard InChI is InChI=1S/C18H14BrClN2O2S/c1-2-22-17(24)16(9-11-3-6-13(23)7-4-11)25-18(22)21-12-5-8-14(19)15(20)10-12/h3-10,23H,2H2,1H3/b16-9-,21-18?. The van der Waals surface area contributed by atoms with Crippen LogP contribution in [0.5, 0.6) is 5.75 Å². The van der Waals surface area contributed by atoms with Gasteiger partial charge in [-0.25, -0.2) is 4.99 Å². The van der Waals surface area contributed by atoms with Crippen LogP contribution in [-0.4, -0.2) is 27.6 Å². The largest absolute Gasteiger partial charge is 0.508 e. The van der Waals surface area contributed by atoms with Crippen molar-refractivity contribution in [3.05, 3.63) is 62.4 Å². The molecule has 0 saturated carbocycles. The second-order valence-corrected chi connectivity index (χ2v) is 7.52. The molecule has 3 rings (SSSR count). The van der Waals surface area contributed by atoms with Crippen molar-refractivity contribution in [3.8, 4) is 5.75 Å². The molecular formula is C18H14BrClN2O2S. The van der Waals surface area contributed by atoms with E-state index in [-0.39, 0.29) is 11.7 Å². The third-order valence-corrected chi connectivity index (χ3v) is 5.76. The number of thioether (sulfide) groups is 1. The van der Waals surface area contributed by atoms with Crippen molar-refractivity contribution in [2.24, 2.45) is 4.99 Å². The molecule has 1 aliphatic rings. The number of amidine groups is 1. The molecule has 2 aromatic rings. The number of rotatable bonds is 3. The molecule has 1 fully saturated rings. The second-order valence-electron chi connectivity index (χ2n) is 5.24. The van der Waals surface area contributed by atoms with E-state index in [0.717, 1.165) is 10.0 Å². The van der Waals surface area contributed by atoms with Crippen LogP contribution in [0.25, 0.3) is 6.08 Å². The van der Waals surface area contributed by atoms with E-state index in [4.69, 9.17) is 11.6 Å². The van der Waals surface area contributed by atoms with E-state index in [1.54, 1.807) is 41.3 Å². The van der Waals surface area contributed by atoms with Gasteiger partial charge in [-0.2, -0.15) is 0 Å². The Kier molecular flexibility index (Phi) is 5.51. The van der Waals surface area contributed by atoms with Crippen molar-refractivity contribution >= 4 is 62.1 Å². The Labute approximate surface area is 163 Å². The number of hydrogen-bond acceptors (Lipinski definition) is 4. The number of aliphatic imine (C=N–C) groups is 1. The van der Waals surface area contributed by atoms with E-state index in [9.17, 15) is 9.90 Å². The summed E-state index contributed by atoms with van der Waals surface area (Å²) in [7, 11) is 0. The Balaban J connectivity index is 1.93. The minimum atomic E-state index is -0.0810. The molecule has 0 radical (unpaired) electrons. The summed E-state index contributed by atoms with van der Waals surface area (Å²) in [5.74, 6) is 0.111. The molecule has 1 N–H and O–H groups in total. The molecule has 0 aromatic heterocycles. The van der Waals surface area contributed by atoms with Crippen LogP contribution in [0.15, 0.2) is 56.8 Å². The molecule has 25 heavy (non-hydrogen) atoms. The van der Waals surface area contributed by atoms with Crippen molar-refractivity contribution in [1.82, 2.24) is 4.90 Å². The summed E-state index contributed by atoms with van der Waals surface area (Å²) in [6, 6.07) is 12.1. The number of amides is 1. The van der Waals surface area contributed by atoms with Crippen LogP contribution in [0, 0.1) is 0 Å². The SMILES string of the molecule is CCN1C(=O)/C(=C/c2ccc(O)cc2)SC1=Nc1ccc(Br)c(Cl)c1. The highest BCUT2D eigenvalue weighted by molar-refractivity contribution is 9.10. The summed E-state index contributed by atoms with van der Waals surface area (Å²) in [5.41, 5.74) is 1.53. The lowest BCUT2D eigenvalue weighted by molar-refractivity contribution is -0.122. The molecule has 0 spiro atoms. The van der Waals surface area contributed by atoms with Gasteiger partial charge in [0.1, 0.15) is 5.75 Å². The summed E-state index contributed by atoms with van der Waals surface area (Å²) in [6.07, 6.45) is 1.80. The Morgan fingerprint density at radius 1 is 1.28 bits per heavy atom. The molecule has 0 bridgehead atoms. The normalized spacial score (nSPS) is 17.7. The summed E-state index contributed by atoms with van der Waals surface area (Å²) >= 11 is 10.8. The summed E-state index contributed by atoms with van der Waals surface area (Å²) < 4.78 is 0.800. The van der Waals surface area contributed by atoms with Crippen LogP contribution in [0.1, 0.15) is 12.5 Å². The third kappa shape index (κ3) is 4.08. The van der Waals surface area contributed by atoms with Crippen molar-refractivity contribution < 1.29 is 9.90 Å². The molecule has 0 aliphatic carbocycles. The van der Waals surface area contributed by atoms with Crippen molar-refractivity contribution in [1.29, 1.82) is 0 Å². The first kappa shape index (κ1) is 18.0. The van der Waals surface area contributed by atoms with Crippen molar-refractivity contribution in [2.45, 2.75) is 6.92 Å². The molecule has 4 nitrogen and oxygen atoms in total. The molecule has 1 amide bonds. The molecular weight excluding hydrogens is 424 g/mol. The quantitative estimate of drug-likeness (QED) is 0.651. The Hall–Kier alpha value is -1.76. The molecule has 1 aliphatic heterocycles. The zero-order valence-corrected chi connectivity index (χ0v) is 16.4. The number of benzene rings is 2. The highest BCUT2D eigenvalue weighted by Gasteiger charge is 2.32. The molecule has 1 saturated heterocycles. The van der Waals surface area contributed by atoms with Gasteiger partial charge in [-0.1, -0.05) is 23.7 Å². The highest BCUT2D eigenvalue weighted by atomic mass is 79.9. The summed E-state index contributed by atoms with van der Waals surface area (Å²) in [6.45, 7) is 2.44. The number of carbonyl (C=O) groups excluding carboxylic acids is 1. The third-order valence-electron chi connectivity index (χ3n) is 3.52. The predicted octanol–water partition coefficient (Wildman–Crippen LogP) is 5.43. The maximum Gasteiger partial charge on any atom is 0.266 e. The van der Waals surface area contributed by atoms with Gasteiger partial charge in [-0.15, -0.1) is 0 Å². The number of phenolic OH excluding ortho intramolecular Hbond substituents is 1. The lowest BCUT2D eigenvalue weighted by Gasteiger charge is -2.12. The maximum atomic E-state index is 12.6. The first-order chi connectivity index (χ1) is 12.0. The van der Waals surface area contributed by atoms with E-state index in [0.29, 0.717) is 27.3 Å². The minimum absolute atomic E-state index is 0.0810. The van der Waals surface area contributed by atoms with Crippen LogP contribution in [0.4, 0.5) is 5.69 Å². The van der Waals surface area contributed by atoms with Gasteiger partial charge in [0.05, 0.1) is 15.6 Å². The molecule has 7 heteroatoms. The second kappa shape index (κ2) is 7.64. The Morgan fingerprint density at radius 2 is 2.00 bits per heavy atom. The first-order valence-corrected chi connectivity index (χ1v) is 9.51. The van der Waals surface area contributed by atoms with E-state index in [2.05, 4.69) is 20.9 Å². The number of phenols is 1. The maximum absolute atomic E-state index is 12.6. The van der Waals surface area contributed by atoms with Gasteiger partial charge in [0.15, 0.2) is 5.17 Å². The van der Waals surface area contributed by atoms with E-state index >= 15 is 0 Å². The summed E-state index contributed by atoms with van der Waals surface area (Å²) in [4.78, 5) is 19.4. The molecule has 128 valence electrons.